The minimum absolute atomic E-state index is 0.0131. The maximum Gasteiger partial charge on any atom is 0.338 e. The number of ether oxygens (including phenoxy) is 1. The van der Waals surface area contributed by atoms with Crippen LogP contribution in [-0.4, -0.2) is 29.9 Å². The summed E-state index contributed by atoms with van der Waals surface area (Å²) < 4.78 is 5.39. The first-order valence-corrected chi connectivity index (χ1v) is 8.86. The van der Waals surface area contributed by atoms with Crippen molar-refractivity contribution in [2.45, 2.75) is 39.3 Å². The standard InChI is InChI=1S/C21H22N2O4/c1-13-11-16-7-4-5-10-19(16)23(13)20(25)14(2)27-21(26)17-8-6-9-18(12-17)22-15(3)24/h4-10,12-14H,11H2,1-3H3,(H,22,24)/t13-,14-/m1/s1. The zero-order valence-corrected chi connectivity index (χ0v) is 15.6. The van der Waals surface area contributed by atoms with Crippen molar-refractivity contribution >= 4 is 29.2 Å². The molecule has 0 unspecified atom stereocenters. The molecule has 0 fully saturated rings. The van der Waals surface area contributed by atoms with E-state index in [1.165, 1.54) is 13.0 Å². The summed E-state index contributed by atoms with van der Waals surface area (Å²) in [5.41, 5.74) is 2.75. The number of nitrogens with one attached hydrogen (secondary N) is 1. The molecule has 0 radical (unpaired) electrons. The third kappa shape index (κ3) is 4.00. The highest BCUT2D eigenvalue weighted by Gasteiger charge is 2.34. The van der Waals surface area contributed by atoms with Crippen LogP contribution in [0.1, 0.15) is 36.7 Å². The molecular weight excluding hydrogens is 344 g/mol. The van der Waals surface area contributed by atoms with E-state index in [0.29, 0.717) is 5.69 Å². The van der Waals surface area contributed by atoms with Gasteiger partial charge in [-0.2, -0.15) is 0 Å². The van der Waals surface area contributed by atoms with Crippen LogP contribution in [0.4, 0.5) is 11.4 Å². The number of amides is 2. The van der Waals surface area contributed by atoms with Crippen molar-refractivity contribution in [3.63, 3.8) is 0 Å². The molecule has 0 spiro atoms. The van der Waals surface area contributed by atoms with Gasteiger partial charge in [-0.25, -0.2) is 4.79 Å². The molecule has 2 aromatic carbocycles. The van der Waals surface area contributed by atoms with Crippen molar-refractivity contribution in [3.05, 3.63) is 59.7 Å². The van der Waals surface area contributed by atoms with Crippen LogP contribution in [0.15, 0.2) is 48.5 Å². The van der Waals surface area contributed by atoms with Crippen LogP contribution in [0.2, 0.25) is 0 Å². The molecule has 0 aromatic heterocycles. The van der Waals surface area contributed by atoms with E-state index < -0.39 is 12.1 Å². The van der Waals surface area contributed by atoms with Crippen LogP contribution in [0.25, 0.3) is 0 Å². The van der Waals surface area contributed by atoms with E-state index in [0.717, 1.165) is 17.7 Å². The van der Waals surface area contributed by atoms with Gasteiger partial charge in [0.25, 0.3) is 5.91 Å². The lowest BCUT2D eigenvalue weighted by atomic mass is 10.1. The molecule has 6 nitrogen and oxygen atoms in total. The topological polar surface area (TPSA) is 75.7 Å². The number of esters is 1. The predicted octanol–water partition coefficient (Wildman–Crippen LogP) is 3.17. The van der Waals surface area contributed by atoms with Crippen LogP contribution in [0, 0.1) is 0 Å². The van der Waals surface area contributed by atoms with Crippen LogP contribution < -0.4 is 10.2 Å². The maximum absolute atomic E-state index is 12.9. The SMILES string of the molecule is CC(=O)Nc1cccc(C(=O)O[C@H](C)C(=O)N2c3ccccc3C[C@H]2C)c1. The highest BCUT2D eigenvalue weighted by atomic mass is 16.5. The number of carbonyl (C=O) groups excluding carboxylic acids is 3. The monoisotopic (exact) mass is 366 g/mol. The molecule has 1 aliphatic heterocycles. The zero-order valence-electron chi connectivity index (χ0n) is 15.6. The summed E-state index contributed by atoms with van der Waals surface area (Å²) in [7, 11) is 0. The van der Waals surface area contributed by atoms with Gasteiger partial charge in [0.2, 0.25) is 5.91 Å². The second kappa shape index (κ2) is 7.61. The van der Waals surface area contributed by atoms with Gasteiger partial charge in [-0.1, -0.05) is 24.3 Å². The van der Waals surface area contributed by atoms with Crippen molar-refractivity contribution in [2.75, 3.05) is 10.2 Å². The van der Waals surface area contributed by atoms with Gasteiger partial charge in [0, 0.05) is 24.3 Å². The fraction of sp³-hybridized carbons (Fsp3) is 0.286. The molecule has 0 saturated carbocycles. The van der Waals surface area contributed by atoms with E-state index in [4.69, 9.17) is 4.74 Å². The third-order valence-corrected chi connectivity index (χ3v) is 4.49. The predicted molar refractivity (Wildman–Crippen MR) is 103 cm³/mol. The summed E-state index contributed by atoms with van der Waals surface area (Å²) in [5.74, 6) is -1.09. The number of anilines is 2. The second-order valence-electron chi connectivity index (χ2n) is 6.70. The highest BCUT2D eigenvalue weighted by molar-refractivity contribution is 6.01. The quantitative estimate of drug-likeness (QED) is 0.844. The summed E-state index contributed by atoms with van der Waals surface area (Å²) in [6.07, 6.45) is -0.142. The number of hydrogen-bond acceptors (Lipinski definition) is 4. The molecule has 1 N–H and O–H groups in total. The molecular formula is C21H22N2O4. The Balaban J connectivity index is 1.72. The third-order valence-electron chi connectivity index (χ3n) is 4.49. The molecule has 0 saturated heterocycles. The first-order valence-electron chi connectivity index (χ1n) is 8.86. The highest BCUT2D eigenvalue weighted by Crippen LogP contribution is 2.32. The molecule has 0 bridgehead atoms. The Morgan fingerprint density at radius 1 is 1.15 bits per heavy atom. The smallest absolute Gasteiger partial charge is 0.338 e. The van der Waals surface area contributed by atoms with Crippen LogP contribution >= 0.6 is 0 Å². The molecule has 27 heavy (non-hydrogen) atoms. The van der Waals surface area contributed by atoms with Gasteiger partial charge in [0.15, 0.2) is 6.10 Å². The Morgan fingerprint density at radius 2 is 1.89 bits per heavy atom. The van der Waals surface area contributed by atoms with Crippen molar-refractivity contribution in [1.82, 2.24) is 0 Å². The Bertz CT molecular complexity index is 893. The van der Waals surface area contributed by atoms with Gasteiger partial charge in [0.05, 0.1) is 5.56 Å². The van der Waals surface area contributed by atoms with Crippen molar-refractivity contribution in [2.24, 2.45) is 0 Å². The Labute approximate surface area is 158 Å². The van der Waals surface area contributed by atoms with Gasteiger partial charge >= 0.3 is 5.97 Å². The largest absolute Gasteiger partial charge is 0.449 e. The van der Waals surface area contributed by atoms with Crippen molar-refractivity contribution in [1.29, 1.82) is 0 Å². The molecule has 2 amide bonds. The first-order chi connectivity index (χ1) is 12.9. The summed E-state index contributed by atoms with van der Waals surface area (Å²) >= 11 is 0. The fourth-order valence-corrected chi connectivity index (χ4v) is 3.30. The van der Waals surface area contributed by atoms with Gasteiger partial charge < -0.3 is 15.0 Å². The minimum Gasteiger partial charge on any atom is -0.449 e. The summed E-state index contributed by atoms with van der Waals surface area (Å²) in [5, 5.41) is 2.62. The number of hydrogen-bond donors (Lipinski definition) is 1. The average molecular weight is 366 g/mol. The van der Waals surface area contributed by atoms with E-state index in [1.807, 2.05) is 31.2 Å². The van der Waals surface area contributed by atoms with Gasteiger partial charge in [0.1, 0.15) is 0 Å². The Kier molecular flexibility index (Phi) is 5.26. The molecule has 2 atom stereocenters. The second-order valence-corrected chi connectivity index (χ2v) is 6.70. The van der Waals surface area contributed by atoms with Crippen LogP contribution in [0.5, 0.6) is 0 Å². The number of para-hydroxylation sites is 1. The lowest BCUT2D eigenvalue weighted by Gasteiger charge is -2.26. The van der Waals surface area contributed by atoms with E-state index in [9.17, 15) is 14.4 Å². The van der Waals surface area contributed by atoms with Gasteiger partial charge in [-0.15, -0.1) is 0 Å². The normalized spacial score (nSPS) is 16.4. The number of nitrogens with zero attached hydrogens (tertiary/aromatic N) is 1. The lowest BCUT2D eigenvalue weighted by Crippen LogP contribution is -2.43. The minimum atomic E-state index is -0.921. The molecule has 1 heterocycles. The summed E-state index contributed by atoms with van der Waals surface area (Å²) in [6.45, 7) is 4.94. The molecule has 1 aliphatic rings. The maximum atomic E-state index is 12.9. The van der Waals surface area contributed by atoms with Crippen molar-refractivity contribution < 1.29 is 19.1 Å². The van der Waals surface area contributed by atoms with Gasteiger partial charge in [-0.3, -0.25) is 9.59 Å². The molecule has 2 aromatic rings. The zero-order chi connectivity index (χ0) is 19.6. The molecule has 0 aliphatic carbocycles. The molecule has 140 valence electrons. The Hall–Kier alpha value is -3.15. The first kappa shape index (κ1) is 18.6. The number of fused-ring (bicyclic) bond motifs is 1. The van der Waals surface area contributed by atoms with E-state index in [-0.39, 0.29) is 23.4 Å². The van der Waals surface area contributed by atoms with Crippen LogP contribution in [0.3, 0.4) is 0 Å². The average Bonchev–Trinajstić information content (AvgIpc) is 2.96. The molecule has 6 heteroatoms. The number of benzene rings is 2. The van der Waals surface area contributed by atoms with Crippen molar-refractivity contribution in [3.8, 4) is 0 Å². The van der Waals surface area contributed by atoms with E-state index >= 15 is 0 Å². The summed E-state index contributed by atoms with van der Waals surface area (Å²) in [6, 6.07) is 14.2. The fourth-order valence-electron chi connectivity index (χ4n) is 3.30. The molecule has 3 rings (SSSR count). The van der Waals surface area contributed by atoms with E-state index in [2.05, 4.69) is 5.32 Å². The Morgan fingerprint density at radius 3 is 2.63 bits per heavy atom. The van der Waals surface area contributed by atoms with Gasteiger partial charge in [-0.05, 0) is 50.1 Å². The number of carbonyl (C=O) groups is 3. The number of rotatable bonds is 4. The van der Waals surface area contributed by atoms with E-state index in [1.54, 1.807) is 30.0 Å². The summed E-state index contributed by atoms with van der Waals surface area (Å²) in [4.78, 5) is 38.2. The lowest BCUT2D eigenvalue weighted by molar-refractivity contribution is -0.126. The van der Waals surface area contributed by atoms with Crippen LogP contribution in [-0.2, 0) is 20.7 Å².